The van der Waals surface area contributed by atoms with E-state index >= 15 is 0 Å². The van der Waals surface area contributed by atoms with Gasteiger partial charge in [-0.3, -0.25) is 0 Å². The summed E-state index contributed by atoms with van der Waals surface area (Å²) < 4.78 is 0. The van der Waals surface area contributed by atoms with Crippen LogP contribution in [-0.2, 0) is 0 Å². The Kier molecular flexibility index (Phi) is 4.75. The van der Waals surface area contributed by atoms with Crippen LogP contribution in [0.5, 0.6) is 0 Å². The molecule has 100 valence electrons. The fourth-order valence-electron chi connectivity index (χ4n) is 2.02. The summed E-state index contributed by atoms with van der Waals surface area (Å²) in [6, 6.07) is 15.6. The zero-order valence-electron chi connectivity index (χ0n) is 10.8. The summed E-state index contributed by atoms with van der Waals surface area (Å²) >= 11 is 10.2. The van der Waals surface area contributed by atoms with Gasteiger partial charge >= 0.3 is 0 Å². The molecule has 0 radical (unpaired) electrons. The molecule has 19 heavy (non-hydrogen) atoms. The average molecular weight is 293 g/mol. The van der Waals surface area contributed by atoms with Crippen LogP contribution >= 0.6 is 24.2 Å². The van der Waals surface area contributed by atoms with Crippen molar-refractivity contribution in [1.82, 2.24) is 0 Å². The maximum Gasteiger partial charge on any atom is 0.103 e. The lowest BCUT2D eigenvalue weighted by Crippen LogP contribution is -2.34. The highest BCUT2D eigenvalue weighted by atomic mass is 35.5. The van der Waals surface area contributed by atoms with Crippen LogP contribution in [-0.4, -0.2) is 6.54 Å². The van der Waals surface area contributed by atoms with E-state index in [1.807, 2.05) is 48.5 Å². The van der Waals surface area contributed by atoms with Gasteiger partial charge in [0, 0.05) is 22.2 Å². The Morgan fingerprint density at radius 3 is 2.21 bits per heavy atom. The maximum atomic E-state index is 6.33. The minimum absolute atomic E-state index is 0.187. The number of anilines is 1. The molecular weight excluding hydrogens is 276 g/mol. The third-order valence-electron chi connectivity index (χ3n) is 3.07. The normalized spacial score (nSPS) is 12.2. The molecule has 2 nitrogen and oxygen atoms in total. The summed E-state index contributed by atoms with van der Waals surface area (Å²) in [6.07, 6.45) is -0.187. The van der Waals surface area contributed by atoms with E-state index in [1.165, 1.54) is 0 Å². The average Bonchev–Trinajstić information content (AvgIpc) is 2.42. The molecule has 0 spiro atoms. The van der Waals surface area contributed by atoms with Gasteiger partial charge in [0.05, 0.1) is 0 Å². The van der Waals surface area contributed by atoms with E-state index in [1.54, 1.807) is 0 Å². The number of hydrogen-bond donors (Lipinski definition) is 2. The van der Waals surface area contributed by atoms with Crippen LogP contribution in [0.15, 0.2) is 53.4 Å². The molecule has 2 aromatic rings. The second kappa shape index (κ2) is 6.33. The third-order valence-corrected chi connectivity index (χ3v) is 3.62. The zero-order chi connectivity index (χ0) is 13.8. The Morgan fingerprint density at radius 2 is 1.68 bits per heavy atom. The van der Waals surface area contributed by atoms with Crippen molar-refractivity contribution in [1.29, 1.82) is 0 Å². The predicted octanol–water partition coefficient (Wildman–Crippen LogP) is 4.11. The number of rotatable bonds is 4. The second-order valence-corrected chi connectivity index (χ2v) is 5.25. The second-order valence-electron chi connectivity index (χ2n) is 4.30. The Bertz CT molecular complexity index is 525. The van der Waals surface area contributed by atoms with Gasteiger partial charge in [0.15, 0.2) is 0 Å². The lowest BCUT2D eigenvalue weighted by molar-refractivity contribution is 0.661. The molecule has 0 aliphatic carbocycles. The Morgan fingerprint density at radius 1 is 1.11 bits per heavy atom. The summed E-state index contributed by atoms with van der Waals surface area (Å²) in [4.78, 5) is 3.08. The zero-order valence-corrected chi connectivity index (χ0v) is 12.4. The number of benzene rings is 2. The standard InChI is InChI=1S/C15H17ClN2S/c1-2-18(13-7-9-14(19)10-8-13)15(17)11-3-5-12(16)6-4-11/h3-10,15,19H,2,17H2,1H3. The van der Waals surface area contributed by atoms with Crippen molar-refractivity contribution >= 4 is 29.9 Å². The van der Waals surface area contributed by atoms with E-state index in [4.69, 9.17) is 17.3 Å². The van der Waals surface area contributed by atoms with E-state index in [2.05, 4.69) is 24.5 Å². The Balaban J connectivity index is 2.26. The first-order valence-electron chi connectivity index (χ1n) is 6.18. The van der Waals surface area contributed by atoms with Gasteiger partial charge in [-0.1, -0.05) is 23.7 Å². The molecule has 0 heterocycles. The fraction of sp³-hybridized carbons (Fsp3) is 0.200. The molecule has 2 N–H and O–H groups in total. The number of thiol groups is 1. The topological polar surface area (TPSA) is 29.3 Å². The number of nitrogens with zero attached hydrogens (tertiary/aromatic N) is 1. The van der Waals surface area contributed by atoms with E-state index in [0.717, 1.165) is 27.7 Å². The van der Waals surface area contributed by atoms with Crippen molar-refractivity contribution < 1.29 is 0 Å². The first kappa shape index (κ1) is 14.3. The van der Waals surface area contributed by atoms with Crippen molar-refractivity contribution in [3.8, 4) is 0 Å². The van der Waals surface area contributed by atoms with Crippen LogP contribution in [0.2, 0.25) is 5.02 Å². The Hall–Kier alpha value is -1.16. The van der Waals surface area contributed by atoms with Gasteiger partial charge in [-0.25, -0.2) is 0 Å². The fourth-order valence-corrected chi connectivity index (χ4v) is 2.30. The molecule has 0 aliphatic rings. The summed E-state index contributed by atoms with van der Waals surface area (Å²) in [6.45, 7) is 2.92. The molecule has 0 bridgehead atoms. The first-order chi connectivity index (χ1) is 9.11. The maximum absolute atomic E-state index is 6.33. The molecule has 1 unspecified atom stereocenters. The van der Waals surface area contributed by atoms with Gasteiger partial charge in [0.25, 0.3) is 0 Å². The SMILES string of the molecule is CCN(c1ccc(S)cc1)C(N)c1ccc(Cl)cc1. The minimum atomic E-state index is -0.187. The van der Waals surface area contributed by atoms with Gasteiger partial charge in [0.1, 0.15) is 6.17 Å². The molecule has 0 saturated heterocycles. The molecule has 2 aromatic carbocycles. The quantitative estimate of drug-likeness (QED) is 0.656. The van der Waals surface area contributed by atoms with E-state index in [9.17, 15) is 0 Å². The predicted molar refractivity (Wildman–Crippen MR) is 85.1 cm³/mol. The largest absolute Gasteiger partial charge is 0.352 e. The van der Waals surface area contributed by atoms with Gasteiger partial charge < -0.3 is 10.6 Å². The highest BCUT2D eigenvalue weighted by molar-refractivity contribution is 7.80. The molecular formula is C15H17ClN2S. The van der Waals surface area contributed by atoms with Crippen LogP contribution in [0.4, 0.5) is 5.69 Å². The van der Waals surface area contributed by atoms with Crippen molar-refractivity contribution in [2.45, 2.75) is 18.0 Å². The van der Waals surface area contributed by atoms with Crippen molar-refractivity contribution in [2.24, 2.45) is 5.73 Å². The minimum Gasteiger partial charge on any atom is -0.352 e. The number of nitrogens with two attached hydrogens (primary N) is 1. The van der Waals surface area contributed by atoms with Crippen LogP contribution in [0, 0.1) is 0 Å². The molecule has 0 amide bonds. The monoisotopic (exact) mass is 292 g/mol. The van der Waals surface area contributed by atoms with Gasteiger partial charge in [-0.15, -0.1) is 12.6 Å². The summed E-state index contributed by atoms with van der Waals surface area (Å²) in [5.41, 5.74) is 8.46. The molecule has 4 heteroatoms. The van der Waals surface area contributed by atoms with Gasteiger partial charge in [0.2, 0.25) is 0 Å². The molecule has 0 aliphatic heterocycles. The van der Waals surface area contributed by atoms with E-state index < -0.39 is 0 Å². The first-order valence-corrected chi connectivity index (χ1v) is 7.01. The number of halogens is 1. The Labute approximate surface area is 124 Å². The molecule has 0 saturated carbocycles. The summed E-state index contributed by atoms with van der Waals surface area (Å²) in [7, 11) is 0. The highest BCUT2D eigenvalue weighted by Crippen LogP contribution is 2.25. The van der Waals surface area contributed by atoms with E-state index in [-0.39, 0.29) is 6.17 Å². The van der Waals surface area contributed by atoms with Crippen LogP contribution in [0.25, 0.3) is 0 Å². The molecule has 0 aromatic heterocycles. The van der Waals surface area contributed by atoms with Crippen molar-refractivity contribution in [2.75, 3.05) is 11.4 Å². The summed E-state index contributed by atoms with van der Waals surface area (Å²) in [5, 5.41) is 0.721. The lowest BCUT2D eigenvalue weighted by Gasteiger charge is -2.30. The van der Waals surface area contributed by atoms with Crippen molar-refractivity contribution in [3.05, 3.63) is 59.1 Å². The van der Waals surface area contributed by atoms with Gasteiger partial charge in [-0.2, -0.15) is 0 Å². The molecule has 2 rings (SSSR count). The van der Waals surface area contributed by atoms with Crippen LogP contribution in [0.3, 0.4) is 0 Å². The van der Waals surface area contributed by atoms with Gasteiger partial charge in [-0.05, 0) is 48.9 Å². The van der Waals surface area contributed by atoms with Crippen molar-refractivity contribution in [3.63, 3.8) is 0 Å². The van der Waals surface area contributed by atoms with Crippen LogP contribution in [0.1, 0.15) is 18.7 Å². The van der Waals surface area contributed by atoms with E-state index in [0.29, 0.717) is 0 Å². The van der Waals surface area contributed by atoms with Crippen LogP contribution < -0.4 is 10.6 Å². The molecule has 0 fully saturated rings. The third kappa shape index (κ3) is 3.44. The highest BCUT2D eigenvalue weighted by Gasteiger charge is 2.15. The smallest absolute Gasteiger partial charge is 0.103 e. The number of hydrogen-bond acceptors (Lipinski definition) is 3. The summed E-state index contributed by atoms with van der Waals surface area (Å²) in [5.74, 6) is 0. The lowest BCUT2D eigenvalue weighted by atomic mass is 10.1. The molecule has 1 atom stereocenters.